The van der Waals surface area contributed by atoms with Crippen molar-refractivity contribution in [2.75, 3.05) is 7.11 Å². The fourth-order valence-electron chi connectivity index (χ4n) is 0.615. The molecule has 0 heterocycles. The number of methoxy groups -OCH3 is 1. The number of hydrogen-bond donors (Lipinski definition) is 0. The van der Waals surface area contributed by atoms with Crippen molar-refractivity contribution in [2.45, 2.75) is 33.3 Å². The highest BCUT2D eigenvalue weighted by molar-refractivity contribution is 6.36. The first-order valence-electron chi connectivity index (χ1n) is 4.13. The first-order valence-corrected chi connectivity index (χ1v) is 4.13. The molecule has 0 radical (unpaired) electrons. The van der Waals surface area contributed by atoms with Crippen molar-refractivity contribution < 1.29 is 19.1 Å². The van der Waals surface area contributed by atoms with Gasteiger partial charge in [0.15, 0.2) is 0 Å². The standard InChI is InChI=1S/C9H15NO4/c1-6(7(11)13-5)10-8(12)14-9(2,3)4/h1-5H3. The lowest BCUT2D eigenvalue weighted by Crippen LogP contribution is -2.23. The predicted octanol–water partition coefficient (Wildman–Crippen LogP) is 1.56. The lowest BCUT2D eigenvalue weighted by atomic mass is 10.2. The van der Waals surface area contributed by atoms with Crippen LogP contribution in [0.25, 0.3) is 0 Å². The van der Waals surface area contributed by atoms with Crippen LogP contribution in [-0.4, -0.2) is 30.5 Å². The van der Waals surface area contributed by atoms with Gasteiger partial charge in [0.05, 0.1) is 7.11 Å². The van der Waals surface area contributed by atoms with Crippen LogP contribution < -0.4 is 0 Å². The Kier molecular flexibility index (Phi) is 4.27. The third kappa shape index (κ3) is 5.29. The van der Waals surface area contributed by atoms with Gasteiger partial charge in [0, 0.05) is 0 Å². The van der Waals surface area contributed by atoms with E-state index in [-0.39, 0.29) is 5.71 Å². The number of carbonyl (C=O) groups excluding carboxylic acids is 2. The van der Waals surface area contributed by atoms with Crippen LogP contribution in [0, 0.1) is 0 Å². The maximum atomic E-state index is 11.1. The topological polar surface area (TPSA) is 65.0 Å². The molecule has 80 valence electrons. The van der Waals surface area contributed by atoms with E-state index in [1.165, 1.54) is 14.0 Å². The number of ether oxygens (including phenoxy) is 2. The van der Waals surface area contributed by atoms with Gasteiger partial charge in [-0.25, -0.2) is 9.59 Å². The van der Waals surface area contributed by atoms with Crippen molar-refractivity contribution in [3.63, 3.8) is 0 Å². The highest BCUT2D eigenvalue weighted by Crippen LogP contribution is 2.08. The Hall–Kier alpha value is -1.39. The third-order valence-electron chi connectivity index (χ3n) is 1.13. The third-order valence-corrected chi connectivity index (χ3v) is 1.13. The van der Waals surface area contributed by atoms with Crippen LogP contribution >= 0.6 is 0 Å². The normalized spacial score (nSPS) is 12.2. The summed E-state index contributed by atoms with van der Waals surface area (Å²) in [6.45, 7) is 6.53. The van der Waals surface area contributed by atoms with Gasteiger partial charge < -0.3 is 9.47 Å². The van der Waals surface area contributed by atoms with Crippen LogP contribution in [-0.2, 0) is 14.3 Å². The fraction of sp³-hybridized carbons (Fsp3) is 0.667. The molecule has 5 nitrogen and oxygen atoms in total. The number of hydrogen-bond acceptors (Lipinski definition) is 4. The SMILES string of the molecule is COC(=O)C(C)=NC(=O)OC(C)(C)C. The number of carbonyl (C=O) groups is 2. The molecule has 0 aliphatic rings. The highest BCUT2D eigenvalue weighted by atomic mass is 16.6. The molecule has 0 rings (SSSR count). The van der Waals surface area contributed by atoms with Crippen LogP contribution in [0.2, 0.25) is 0 Å². The first-order chi connectivity index (χ1) is 6.26. The summed E-state index contributed by atoms with van der Waals surface area (Å²) in [6.07, 6.45) is -0.791. The zero-order chi connectivity index (χ0) is 11.4. The number of esters is 1. The van der Waals surface area contributed by atoms with Crippen molar-refractivity contribution in [2.24, 2.45) is 4.99 Å². The van der Waals surface area contributed by atoms with Crippen molar-refractivity contribution in [1.29, 1.82) is 0 Å². The maximum Gasteiger partial charge on any atom is 0.434 e. The van der Waals surface area contributed by atoms with Crippen molar-refractivity contribution in [3.8, 4) is 0 Å². The van der Waals surface area contributed by atoms with Gasteiger partial charge in [0.1, 0.15) is 11.3 Å². The Bertz CT molecular complexity index is 262. The summed E-state index contributed by atoms with van der Waals surface area (Å²) >= 11 is 0. The molecule has 14 heavy (non-hydrogen) atoms. The van der Waals surface area contributed by atoms with Gasteiger partial charge in [-0.15, -0.1) is 0 Å². The highest BCUT2D eigenvalue weighted by Gasteiger charge is 2.17. The Labute approximate surface area is 83.1 Å². The van der Waals surface area contributed by atoms with Gasteiger partial charge in [-0.2, -0.15) is 4.99 Å². The van der Waals surface area contributed by atoms with Crippen molar-refractivity contribution in [3.05, 3.63) is 0 Å². The Balaban J connectivity index is 4.37. The minimum Gasteiger partial charge on any atom is -0.465 e. The molecular weight excluding hydrogens is 186 g/mol. The number of amides is 1. The number of rotatable bonds is 1. The molecule has 1 amide bonds. The van der Waals surface area contributed by atoms with Gasteiger partial charge in [0.2, 0.25) is 0 Å². The van der Waals surface area contributed by atoms with Gasteiger partial charge in [-0.05, 0) is 27.7 Å². The minimum absolute atomic E-state index is 0.0262. The quantitative estimate of drug-likeness (QED) is 0.477. The molecule has 0 aliphatic heterocycles. The molecule has 0 bridgehead atoms. The summed E-state index contributed by atoms with van der Waals surface area (Å²) in [5, 5.41) is 0. The number of aliphatic imine (C=N–C) groups is 1. The van der Waals surface area contributed by atoms with Crippen LogP contribution in [0.15, 0.2) is 4.99 Å². The van der Waals surface area contributed by atoms with Gasteiger partial charge >= 0.3 is 12.1 Å². The van der Waals surface area contributed by atoms with E-state index in [1.807, 2.05) is 0 Å². The smallest absolute Gasteiger partial charge is 0.434 e. The van der Waals surface area contributed by atoms with Crippen molar-refractivity contribution in [1.82, 2.24) is 0 Å². The fourth-order valence-corrected chi connectivity index (χ4v) is 0.615. The zero-order valence-electron chi connectivity index (χ0n) is 9.08. The van der Waals surface area contributed by atoms with Gasteiger partial charge in [-0.3, -0.25) is 0 Å². The molecule has 0 saturated heterocycles. The zero-order valence-corrected chi connectivity index (χ0v) is 9.08. The molecule has 0 unspecified atom stereocenters. The molecule has 0 aromatic rings. The Morgan fingerprint density at radius 1 is 1.21 bits per heavy atom. The summed E-state index contributed by atoms with van der Waals surface area (Å²) in [7, 11) is 1.22. The first kappa shape index (κ1) is 12.6. The van der Waals surface area contributed by atoms with E-state index in [4.69, 9.17) is 4.74 Å². The van der Waals surface area contributed by atoms with E-state index >= 15 is 0 Å². The molecular formula is C9H15NO4. The lowest BCUT2D eigenvalue weighted by Gasteiger charge is -2.17. The molecule has 0 aliphatic carbocycles. The van der Waals surface area contributed by atoms with E-state index in [0.29, 0.717) is 0 Å². The maximum absolute atomic E-state index is 11.1. The van der Waals surface area contributed by atoms with E-state index < -0.39 is 17.7 Å². The molecule has 0 N–H and O–H groups in total. The monoisotopic (exact) mass is 201 g/mol. The molecule has 0 fully saturated rings. The van der Waals surface area contributed by atoms with E-state index in [9.17, 15) is 9.59 Å². The van der Waals surface area contributed by atoms with Crippen LogP contribution in [0.3, 0.4) is 0 Å². The minimum atomic E-state index is -0.791. The van der Waals surface area contributed by atoms with Gasteiger partial charge in [-0.1, -0.05) is 0 Å². The van der Waals surface area contributed by atoms with E-state index in [0.717, 1.165) is 0 Å². The second kappa shape index (κ2) is 4.74. The molecule has 0 atom stereocenters. The second-order valence-corrected chi connectivity index (χ2v) is 3.67. The van der Waals surface area contributed by atoms with E-state index in [2.05, 4.69) is 9.73 Å². The molecule has 0 aromatic carbocycles. The van der Waals surface area contributed by atoms with Crippen LogP contribution in [0.5, 0.6) is 0 Å². The summed E-state index contributed by atoms with van der Waals surface area (Å²) in [5.41, 5.74) is -0.640. The lowest BCUT2D eigenvalue weighted by molar-refractivity contribution is -0.132. The average Bonchev–Trinajstić information content (AvgIpc) is 1.99. The number of nitrogens with zero attached hydrogens (tertiary/aromatic N) is 1. The predicted molar refractivity (Wildman–Crippen MR) is 51.4 cm³/mol. The molecule has 0 aromatic heterocycles. The van der Waals surface area contributed by atoms with E-state index in [1.54, 1.807) is 20.8 Å². The largest absolute Gasteiger partial charge is 0.465 e. The Morgan fingerprint density at radius 3 is 2.07 bits per heavy atom. The van der Waals surface area contributed by atoms with Crippen LogP contribution in [0.4, 0.5) is 4.79 Å². The Morgan fingerprint density at radius 2 is 1.71 bits per heavy atom. The average molecular weight is 201 g/mol. The summed E-state index contributed by atoms with van der Waals surface area (Å²) < 4.78 is 9.23. The summed E-state index contributed by atoms with van der Waals surface area (Å²) in [4.78, 5) is 25.3. The van der Waals surface area contributed by atoms with Crippen LogP contribution in [0.1, 0.15) is 27.7 Å². The second-order valence-electron chi connectivity index (χ2n) is 3.67. The molecule has 0 spiro atoms. The molecule has 0 saturated carbocycles. The van der Waals surface area contributed by atoms with Crippen molar-refractivity contribution >= 4 is 17.8 Å². The molecule has 5 heteroatoms. The summed E-state index contributed by atoms with van der Waals surface area (Å²) in [6, 6.07) is 0. The summed E-state index contributed by atoms with van der Waals surface area (Å²) in [5.74, 6) is -0.643. The van der Waals surface area contributed by atoms with Gasteiger partial charge in [0.25, 0.3) is 0 Å².